The number of fused-ring (bicyclic) bond motifs is 1. The van der Waals surface area contributed by atoms with Gasteiger partial charge in [-0.1, -0.05) is 20.8 Å². The van der Waals surface area contributed by atoms with Crippen molar-refractivity contribution in [3.63, 3.8) is 0 Å². The molecule has 2 aromatic rings. The van der Waals surface area contributed by atoms with Gasteiger partial charge in [-0.3, -0.25) is 0 Å². The molecular weight excluding hydrogens is 184 g/mol. The van der Waals surface area contributed by atoms with Crippen LogP contribution in [0.4, 0.5) is 0 Å². The Bertz CT molecular complexity index is 387. The van der Waals surface area contributed by atoms with Crippen molar-refractivity contribution in [3.05, 3.63) is 22.4 Å². The van der Waals surface area contributed by atoms with Gasteiger partial charge in [0, 0.05) is 9.40 Å². The molecule has 0 atom stereocenters. The van der Waals surface area contributed by atoms with Crippen LogP contribution in [0, 0.1) is 0 Å². The van der Waals surface area contributed by atoms with Crippen molar-refractivity contribution in [2.75, 3.05) is 0 Å². The lowest BCUT2D eigenvalue weighted by atomic mass is 9.89. The van der Waals surface area contributed by atoms with Gasteiger partial charge < -0.3 is 0 Å². The van der Waals surface area contributed by atoms with Gasteiger partial charge >= 0.3 is 0 Å². The van der Waals surface area contributed by atoms with Gasteiger partial charge in [-0.15, -0.1) is 22.7 Å². The molecule has 0 amide bonds. The van der Waals surface area contributed by atoms with Crippen molar-refractivity contribution in [1.82, 2.24) is 0 Å². The summed E-state index contributed by atoms with van der Waals surface area (Å²) >= 11 is 3.72. The average Bonchev–Trinajstić information content (AvgIpc) is 2.37. The second-order valence-electron chi connectivity index (χ2n) is 4.01. The molecule has 0 aromatic carbocycles. The smallest absolute Gasteiger partial charge is 0.0487 e. The van der Waals surface area contributed by atoms with Crippen LogP contribution in [0.15, 0.2) is 16.8 Å². The molecule has 0 unspecified atom stereocenters. The largest absolute Gasteiger partial charge is 0.143 e. The first-order valence-corrected chi connectivity index (χ1v) is 5.80. The quantitative estimate of drug-likeness (QED) is 0.590. The second kappa shape index (κ2) is 2.57. The normalized spacial score (nSPS) is 12.6. The van der Waals surface area contributed by atoms with E-state index in [9.17, 15) is 0 Å². The Balaban J connectivity index is 2.69. The van der Waals surface area contributed by atoms with Gasteiger partial charge in [-0.2, -0.15) is 0 Å². The highest BCUT2D eigenvalue weighted by Crippen LogP contribution is 2.37. The van der Waals surface area contributed by atoms with Crippen LogP contribution < -0.4 is 0 Å². The molecular formula is C10H12S2. The van der Waals surface area contributed by atoms with Crippen LogP contribution in [-0.4, -0.2) is 0 Å². The van der Waals surface area contributed by atoms with E-state index in [1.54, 1.807) is 0 Å². The minimum Gasteiger partial charge on any atom is -0.143 e. The van der Waals surface area contributed by atoms with Gasteiger partial charge in [0.1, 0.15) is 0 Å². The molecule has 0 fully saturated rings. The van der Waals surface area contributed by atoms with E-state index in [2.05, 4.69) is 37.6 Å². The van der Waals surface area contributed by atoms with Crippen LogP contribution in [0.3, 0.4) is 0 Å². The van der Waals surface area contributed by atoms with E-state index in [1.807, 2.05) is 22.7 Å². The molecule has 2 heterocycles. The zero-order valence-electron chi connectivity index (χ0n) is 7.55. The minimum absolute atomic E-state index is 0.295. The van der Waals surface area contributed by atoms with E-state index in [0.29, 0.717) is 5.41 Å². The SMILES string of the molecule is CC(C)(C)c1csc2ccsc12. The van der Waals surface area contributed by atoms with Crippen molar-refractivity contribution < 1.29 is 0 Å². The third-order valence-corrected chi connectivity index (χ3v) is 4.01. The van der Waals surface area contributed by atoms with E-state index in [-0.39, 0.29) is 0 Å². The highest BCUT2D eigenvalue weighted by atomic mass is 32.1. The second-order valence-corrected chi connectivity index (χ2v) is 5.84. The lowest BCUT2D eigenvalue weighted by Crippen LogP contribution is -2.09. The monoisotopic (exact) mass is 196 g/mol. The fourth-order valence-corrected chi connectivity index (χ4v) is 3.83. The van der Waals surface area contributed by atoms with Crippen LogP contribution in [0.1, 0.15) is 26.3 Å². The zero-order valence-corrected chi connectivity index (χ0v) is 9.18. The van der Waals surface area contributed by atoms with Crippen molar-refractivity contribution in [2.24, 2.45) is 0 Å². The molecule has 0 aliphatic heterocycles. The zero-order chi connectivity index (χ0) is 8.77. The molecule has 2 heteroatoms. The lowest BCUT2D eigenvalue weighted by molar-refractivity contribution is 0.598. The summed E-state index contributed by atoms with van der Waals surface area (Å²) in [5.74, 6) is 0. The van der Waals surface area contributed by atoms with Crippen LogP contribution in [0.25, 0.3) is 9.40 Å². The van der Waals surface area contributed by atoms with Gasteiger partial charge in [0.15, 0.2) is 0 Å². The molecule has 0 spiro atoms. The summed E-state index contributed by atoms with van der Waals surface area (Å²) in [7, 11) is 0. The first kappa shape index (κ1) is 8.27. The highest BCUT2D eigenvalue weighted by molar-refractivity contribution is 7.26. The first-order chi connectivity index (χ1) is 5.59. The third-order valence-electron chi connectivity index (χ3n) is 1.99. The van der Waals surface area contributed by atoms with E-state index in [1.165, 1.54) is 15.0 Å². The van der Waals surface area contributed by atoms with Crippen molar-refractivity contribution in [3.8, 4) is 0 Å². The van der Waals surface area contributed by atoms with Crippen molar-refractivity contribution >= 4 is 32.1 Å². The minimum atomic E-state index is 0.295. The molecule has 0 bridgehead atoms. The third kappa shape index (κ3) is 1.19. The number of hydrogen-bond acceptors (Lipinski definition) is 2. The molecule has 0 saturated carbocycles. The molecule has 0 radical (unpaired) electrons. The summed E-state index contributed by atoms with van der Waals surface area (Å²) in [4.78, 5) is 0. The topological polar surface area (TPSA) is 0 Å². The predicted molar refractivity (Wildman–Crippen MR) is 58.4 cm³/mol. The highest BCUT2D eigenvalue weighted by Gasteiger charge is 2.18. The molecule has 0 aliphatic carbocycles. The summed E-state index contributed by atoms with van der Waals surface area (Å²) in [6, 6.07) is 2.21. The summed E-state index contributed by atoms with van der Waals surface area (Å²) in [6.07, 6.45) is 0. The molecule has 12 heavy (non-hydrogen) atoms. The summed E-state index contributed by atoms with van der Waals surface area (Å²) < 4.78 is 2.91. The Hall–Kier alpha value is -0.340. The van der Waals surface area contributed by atoms with Gasteiger partial charge in [0.2, 0.25) is 0 Å². The van der Waals surface area contributed by atoms with Crippen LogP contribution in [-0.2, 0) is 5.41 Å². The molecule has 2 rings (SSSR count). The van der Waals surface area contributed by atoms with Crippen LogP contribution in [0.2, 0.25) is 0 Å². The fraction of sp³-hybridized carbons (Fsp3) is 0.400. The van der Waals surface area contributed by atoms with Gasteiger partial charge in [-0.05, 0) is 27.8 Å². The molecule has 2 aromatic heterocycles. The summed E-state index contributed by atoms with van der Waals surface area (Å²) in [5, 5.41) is 4.47. The number of thiophene rings is 2. The Kier molecular flexibility index (Phi) is 1.77. The molecule has 0 nitrogen and oxygen atoms in total. The fourth-order valence-electron chi connectivity index (χ4n) is 1.28. The van der Waals surface area contributed by atoms with Crippen LogP contribution in [0.5, 0.6) is 0 Å². The lowest BCUT2D eigenvalue weighted by Gasteiger charge is -2.16. The van der Waals surface area contributed by atoms with Gasteiger partial charge in [0.25, 0.3) is 0 Å². The van der Waals surface area contributed by atoms with Gasteiger partial charge in [0.05, 0.1) is 0 Å². The van der Waals surface area contributed by atoms with Crippen molar-refractivity contribution in [2.45, 2.75) is 26.2 Å². The van der Waals surface area contributed by atoms with E-state index in [4.69, 9.17) is 0 Å². The maximum absolute atomic E-state index is 2.29. The Morgan fingerprint density at radius 2 is 1.92 bits per heavy atom. The molecule has 0 saturated heterocycles. The average molecular weight is 196 g/mol. The van der Waals surface area contributed by atoms with E-state index in [0.717, 1.165) is 0 Å². The molecule has 0 aliphatic rings. The van der Waals surface area contributed by atoms with E-state index < -0.39 is 0 Å². The summed E-state index contributed by atoms with van der Waals surface area (Å²) in [5.41, 5.74) is 1.79. The van der Waals surface area contributed by atoms with E-state index >= 15 is 0 Å². The number of rotatable bonds is 0. The Labute approximate surface area is 80.9 Å². The molecule has 64 valence electrons. The summed E-state index contributed by atoms with van der Waals surface area (Å²) in [6.45, 7) is 6.82. The van der Waals surface area contributed by atoms with Gasteiger partial charge in [-0.25, -0.2) is 0 Å². The van der Waals surface area contributed by atoms with Crippen molar-refractivity contribution in [1.29, 1.82) is 0 Å². The maximum atomic E-state index is 2.29. The Morgan fingerprint density at radius 1 is 1.17 bits per heavy atom. The standard InChI is InChI=1S/C10H12S2/c1-10(2,3)7-6-12-8-4-5-11-9(7)8/h4-6H,1-3H3. The number of hydrogen-bond donors (Lipinski definition) is 0. The Morgan fingerprint density at radius 3 is 2.58 bits per heavy atom. The van der Waals surface area contributed by atoms with Crippen LogP contribution >= 0.6 is 22.7 Å². The first-order valence-electron chi connectivity index (χ1n) is 4.04. The molecule has 0 N–H and O–H groups in total. The maximum Gasteiger partial charge on any atom is 0.0487 e. The predicted octanol–water partition coefficient (Wildman–Crippen LogP) is 4.26.